The summed E-state index contributed by atoms with van der Waals surface area (Å²) in [5.41, 5.74) is 0.214. The van der Waals surface area contributed by atoms with Crippen molar-refractivity contribution in [2.75, 3.05) is 14.2 Å². The Kier molecular flexibility index (Phi) is 4.62. The van der Waals surface area contributed by atoms with Gasteiger partial charge in [-0.05, 0) is 36.2 Å². The van der Waals surface area contributed by atoms with Gasteiger partial charge in [0.25, 0.3) is 5.91 Å². The number of nitrogens with zero attached hydrogens (tertiary/aromatic N) is 2. The van der Waals surface area contributed by atoms with Crippen LogP contribution in [-0.4, -0.2) is 37.4 Å². The Morgan fingerprint density at radius 1 is 1.04 bits per heavy atom. The summed E-state index contributed by atoms with van der Waals surface area (Å²) < 4.78 is 10.4. The number of benzene rings is 2. The highest BCUT2D eigenvalue weighted by Gasteiger charge is 2.49. The molecule has 3 amide bonds. The van der Waals surface area contributed by atoms with Crippen molar-refractivity contribution in [3.05, 3.63) is 59.7 Å². The van der Waals surface area contributed by atoms with Gasteiger partial charge in [0.2, 0.25) is 0 Å². The van der Waals surface area contributed by atoms with Crippen LogP contribution in [0.15, 0.2) is 53.6 Å². The van der Waals surface area contributed by atoms with Crippen LogP contribution in [-0.2, 0) is 10.3 Å². The summed E-state index contributed by atoms with van der Waals surface area (Å²) >= 11 is 0. The van der Waals surface area contributed by atoms with Gasteiger partial charge in [0.1, 0.15) is 5.54 Å². The smallest absolute Gasteiger partial charge is 0.346 e. The van der Waals surface area contributed by atoms with Gasteiger partial charge in [0, 0.05) is 0 Å². The van der Waals surface area contributed by atoms with Gasteiger partial charge in [-0.1, -0.05) is 30.3 Å². The number of ether oxygens (including phenoxy) is 2. The molecule has 134 valence electrons. The summed E-state index contributed by atoms with van der Waals surface area (Å²) in [7, 11) is 3.07. The molecule has 2 aromatic rings. The summed E-state index contributed by atoms with van der Waals surface area (Å²) in [5.74, 6) is 0.671. The van der Waals surface area contributed by atoms with Gasteiger partial charge in [0.05, 0.1) is 20.4 Å². The lowest BCUT2D eigenvalue weighted by Crippen LogP contribution is -2.40. The Morgan fingerprint density at radius 3 is 2.38 bits per heavy atom. The second-order valence-electron chi connectivity index (χ2n) is 5.90. The SMILES string of the molecule is COc1ccc(/C=N\N2C(=O)N[C@@](C)(c3ccccc3)C2=O)cc1OC. The minimum Gasteiger partial charge on any atom is -0.493 e. The van der Waals surface area contributed by atoms with Crippen molar-refractivity contribution in [3.8, 4) is 11.5 Å². The van der Waals surface area contributed by atoms with E-state index in [4.69, 9.17) is 9.47 Å². The van der Waals surface area contributed by atoms with Crippen molar-refractivity contribution in [2.24, 2.45) is 5.10 Å². The van der Waals surface area contributed by atoms with E-state index in [0.29, 0.717) is 22.6 Å². The number of methoxy groups -OCH3 is 2. The molecule has 1 heterocycles. The fourth-order valence-corrected chi connectivity index (χ4v) is 2.75. The lowest BCUT2D eigenvalue weighted by Gasteiger charge is -2.20. The maximum Gasteiger partial charge on any atom is 0.346 e. The number of nitrogens with one attached hydrogen (secondary N) is 1. The lowest BCUT2D eigenvalue weighted by molar-refractivity contribution is -0.131. The number of hydrogen-bond acceptors (Lipinski definition) is 5. The fraction of sp³-hybridized carbons (Fsp3) is 0.211. The third kappa shape index (κ3) is 2.99. The maximum atomic E-state index is 12.8. The summed E-state index contributed by atoms with van der Waals surface area (Å²) in [4.78, 5) is 25.0. The number of amides is 3. The van der Waals surface area contributed by atoms with Crippen molar-refractivity contribution in [1.82, 2.24) is 10.3 Å². The normalized spacial score (nSPS) is 19.7. The number of imide groups is 1. The van der Waals surface area contributed by atoms with Gasteiger partial charge >= 0.3 is 6.03 Å². The number of hydrazone groups is 1. The predicted molar refractivity (Wildman–Crippen MR) is 96.3 cm³/mol. The van der Waals surface area contributed by atoms with Crippen LogP contribution in [0.25, 0.3) is 0 Å². The van der Waals surface area contributed by atoms with Gasteiger partial charge in [-0.3, -0.25) is 4.79 Å². The molecule has 1 aliphatic heterocycles. The van der Waals surface area contributed by atoms with Gasteiger partial charge in [-0.15, -0.1) is 5.01 Å². The molecular formula is C19H19N3O4. The molecule has 1 N–H and O–H groups in total. The van der Waals surface area contributed by atoms with Crippen LogP contribution >= 0.6 is 0 Å². The average Bonchev–Trinajstić information content (AvgIpc) is 2.90. The van der Waals surface area contributed by atoms with E-state index < -0.39 is 17.5 Å². The molecular weight excluding hydrogens is 334 g/mol. The van der Waals surface area contributed by atoms with Crippen LogP contribution in [0, 0.1) is 0 Å². The highest BCUT2D eigenvalue weighted by Crippen LogP contribution is 2.29. The van der Waals surface area contributed by atoms with Crippen molar-refractivity contribution in [3.63, 3.8) is 0 Å². The Bertz CT molecular complexity index is 866. The van der Waals surface area contributed by atoms with Gasteiger partial charge in [0.15, 0.2) is 11.5 Å². The molecule has 1 atom stereocenters. The molecule has 0 saturated carbocycles. The minimum atomic E-state index is -1.15. The number of carbonyl (C=O) groups is 2. The van der Waals surface area contributed by atoms with Crippen LogP contribution in [0.1, 0.15) is 18.1 Å². The Morgan fingerprint density at radius 2 is 1.73 bits per heavy atom. The molecule has 1 aliphatic rings. The molecule has 7 nitrogen and oxygen atoms in total. The summed E-state index contributed by atoms with van der Waals surface area (Å²) in [6.45, 7) is 1.66. The van der Waals surface area contributed by atoms with Crippen LogP contribution < -0.4 is 14.8 Å². The number of hydrogen-bond donors (Lipinski definition) is 1. The monoisotopic (exact) mass is 353 g/mol. The minimum absolute atomic E-state index is 0.439. The molecule has 1 saturated heterocycles. The van der Waals surface area contributed by atoms with Crippen molar-refractivity contribution in [2.45, 2.75) is 12.5 Å². The number of carbonyl (C=O) groups excluding carboxylic acids is 2. The van der Waals surface area contributed by atoms with E-state index in [1.165, 1.54) is 13.3 Å². The third-order valence-electron chi connectivity index (χ3n) is 4.25. The predicted octanol–water partition coefficient (Wildman–Crippen LogP) is 2.50. The largest absolute Gasteiger partial charge is 0.493 e. The van der Waals surface area contributed by atoms with Gasteiger partial charge in [-0.25, -0.2) is 4.79 Å². The molecule has 0 aliphatic carbocycles. The van der Waals surface area contributed by atoms with Crippen molar-refractivity contribution < 1.29 is 19.1 Å². The van der Waals surface area contributed by atoms with Crippen LogP contribution in [0.2, 0.25) is 0 Å². The molecule has 0 radical (unpaired) electrons. The first kappa shape index (κ1) is 17.5. The standard InChI is InChI=1S/C19H19N3O4/c1-19(14-7-5-4-6-8-14)17(23)22(18(24)21-19)20-12-13-9-10-15(25-2)16(11-13)26-3/h4-12H,1-3H3,(H,21,24)/b20-12-/t19-/m0/s1. The van der Waals surface area contributed by atoms with Gasteiger partial charge in [-0.2, -0.15) is 5.10 Å². The summed E-state index contributed by atoms with van der Waals surface area (Å²) in [6, 6.07) is 13.7. The Hall–Kier alpha value is -3.35. The average molecular weight is 353 g/mol. The third-order valence-corrected chi connectivity index (χ3v) is 4.25. The lowest BCUT2D eigenvalue weighted by atomic mass is 9.92. The first-order chi connectivity index (χ1) is 12.5. The molecule has 1 fully saturated rings. The van der Waals surface area contributed by atoms with E-state index in [-0.39, 0.29) is 0 Å². The zero-order chi connectivity index (χ0) is 18.7. The van der Waals surface area contributed by atoms with Crippen LogP contribution in [0.4, 0.5) is 4.79 Å². The van der Waals surface area contributed by atoms with E-state index >= 15 is 0 Å². The number of urea groups is 1. The van der Waals surface area contributed by atoms with E-state index in [2.05, 4.69) is 10.4 Å². The zero-order valence-electron chi connectivity index (χ0n) is 14.7. The van der Waals surface area contributed by atoms with E-state index in [9.17, 15) is 9.59 Å². The number of rotatable bonds is 5. The topological polar surface area (TPSA) is 80.2 Å². The molecule has 3 rings (SSSR count). The summed E-state index contributed by atoms with van der Waals surface area (Å²) in [5, 5.41) is 7.60. The molecule has 7 heteroatoms. The Labute approximate surface area is 151 Å². The molecule has 0 unspecified atom stereocenters. The zero-order valence-corrected chi connectivity index (χ0v) is 14.7. The first-order valence-corrected chi connectivity index (χ1v) is 7.98. The quantitative estimate of drug-likeness (QED) is 0.662. The fourth-order valence-electron chi connectivity index (χ4n) is 2.75. The maximum absolute atomic E-state index is 12.8. The molecule has 26 heavy (non-hydrogen) atoms. The van der Waals surface area contributed by atoms with Crippen LogP contribution in [0.3, 0.4) is 0 Å². The van der Waals surface area contributed by atoms with E-state index in [1.807, 2.05) is 18.2 Å². The molecule has 0 bridgehead atoms. The molecule has 2 aromatic carbocycles. The molecule has 0 aromatic heterocycles. The summed E-state index contributed by atoms with van der Waals surface area (Å²) in [6.07, 6.45) is 1.43. The van der Waals surface area contributed by atoms with Crippen molar-refractivity contribution in [1.29, 1.82) is 0 Å². The van der Waals surface area contributed by atoms with E-state index in [0.717, 1.165) is 5.01 Å². The second kappa shape index (κ2) is 6.87. The van der Waals surface area contributed by atoms with Crippen LogP contribution in [0.5, 0.6) is 11.5 Å². The highest BCUT2D eigenvalue weighted by atomic mass is 16.5. The van der Waals surface area contributed by atoms with Crippen molar-refractivity contribution >= 4 is 18.2 Å². The second-order valence-corrected chi connectivity index (χ2v) is 5.90. The highest BCUT2D eigenvalue weighted by molar-refractivity contribution is 6.07. The first-order valence-electron chi connectivity index (χ1n) is 7.98. The molecule has 0 spiro atoms. The van der Waals surface area contributed by atoms with E-state index in [1.54, 1.807) is 44.4 Å². The Balaban J connectivity index is 1.85. The van der Waals surface area contributed by atoms with Gasteiger partial charge < -0.3 is 14.8 Å².